The topological polar surface area (TPSA) is 0 Å². The van der Waals surface area contributed by atoms with Gasteiger partial charge < -0.3 is 0 Å². The van der Waals surface area contributed by atoms with Crippen LogP contribution in [0.15, 0.2) is 170 Å². The Morgan fingerprint density at radius 1 is 0.214 bits per heavy atom. The highest BCUT2D eigenvalue weighted by molar-refractivity contribution is 6.12. The van der Waals surface area contributed by atoms with Gasteiger partial charge in [-0.3, -0.25) is 0 Å². The molecule has 0 radical (unpaired) electrons. The molecule has 0 heterocycles. The molecule has 0 heteroatoms. The van der Waals surface area contributed by atoms with Crippen molar-refractivity contribution in [1.82, 2.24) is 0 Å². The molecule has 0 aliphatic heterocycles. The molecule has 196 valence electrons. The Bertz CT molecular complexity index is 2220. The Morgan fingerprint density at radius 2 is 0.714 bits per heavy atom. The number of fused-ring (bicyclic) bond motifs is 4. The largest absolute Gasteiger partial charge is 0.0622 e. The number of hydrogen-bond acceptors (Lipinski definition) is 0. The fourth-order valence-electron chi connectivity index (χ4n) is 6.25. The first-order chi connectivity index (χ1) is 20.8. The summed E-state index contributed by atoms with van der Waals surface area (Å²) in [7, 11) is 0. The highest BCUT2D eigenvalue weighted by Crippen LogP contribution is 2.36. The van der Waals surface area contributed by atoms with Crippen molar-refractivity contribution in [3.8, 4) is 44.5 Å². The molecule has 0 unspecified atom stereocenters. The van der Waals surface area contributed by atoms with E-state index in [0.29, 0.717) is 0 Å². The predicted octanol–water partition coefficient (Wildman–Crippen LogP) is 11.8. The number of benzene rings is 8. The van der Waals surface area contributed by atoms with Gasteiger partial charge >= 0.3 is 0 Å². The summed E-state index contributed by atoms with van der Waals surface area (Å²) in [4.78, 5) is 0. The molecule has 8 rings (SSSR count). The molecule has 0 spiro atoms. The maximum absolute atomic E-state index is 2.33. The second-order valence-electron chi connectivity index (χ2n) is 11.0. The van der Waals surface area contributed by atoms with Gasteiger partial charge in [0.1, 0.15) is 0 Å². The molecule has 8 aromatic rings. The summed E-state index contributed by atoms with van der Waals surface area (Å²) < 4.78 is 0. The molecule has 0 aliphatic carbocycles. The van der Waals surface area contributed by atoms with Crippen molar-refractivity contribution in [3.63, 3.8) is 0 Å². The summed E-state index contributed by atoms with van der Waals surface area (Å²) in [6.07, 6.45) is 0. The highest BCUT2D eigenvalue weighted by atomic mass is 14.1. The normalized spacial score (nSPS) is 11.3. The Balaban J connectivity index is 1.13. The minimum absolute atomic E-state index is 1.23. The van der Waals surface area contributed by atoms with Crippen molar-refractivity contribution in [1.29, 1.82) is 0 Å². The van der Waals surface area contributed by atoms with Crippen LogP contribution in [0, 0.1) is 0 Å². The van der Waals surface area contributed by atoms with Crippen molar-refractivity contribution < 1.29 is 0 Å². The molecule has 0 saturated carbocycles. The lowest BCUT2D eigenvalue weighted by Gasteiger charge is -2.12. The van der Waals surface area contributed by atoms with E-state index in [-0.39, 0.29) is 0 Å². The second-order valence-corrected chi connectivity index (χ2v) is 11.0. The molecule has 8 aromatic carbocycles. The molecular formula is C42H28. The standard InChI is InChI=1S/C42H28/c1-2-8-29(9-3-1)30-16-18-31(19-17-30)34-20-21-37-27-35(22-23-36(37)26-34)33-11-6-12-38(28-33)40-14-7-15-41-39-13-5-4-10-32(39)24-25-42(40)41/h1-28H. The Hall–Kier alpha value is -5.46. The minimum Gasteiger partial charge on any atom is -0.0622 e. The Morgan fingerprint density at radius 3 is 1.50 bits per heavy atom. The van der Waals surface area contributed by atoms with Crippen LogP contribution >= 0.6 is 0 Å². The van der Waals surface area contributed by atoms with Gasteiger partial charge in [-0.25, -0.2) is 0 Å². The van der Waals surface area contributed by atoms with Gasteiger partial charge in [0.25, 0.3) is 0 Å². The zero-order chi connectivity index (χ0) is 27.9. The van der Waals surface area contributed by atoms with Gasteiger partial charge in [-0.2, -0.15) is 0 Å². The van der Waals surface area contributed by atoms with Gasteiger partial charge in [-0.1, -0.05) is 152 Å². The van der Waals surface area contributed by atoms with E-state index < -0.39 is 0 Å². The van der Waals surface area contributed by atoms with E-state index >= 15 is 0 Å². The van der Waals surface area contributed by atoms with Crippen LogP contribution in [0.25, 0.3) is 76.8 Å². The maximum Gasteiger partial charge on any atom is -0.00990 e. The van der Waals surface area contributed by atoms with E-state index in [1.165, 1.54) is 76.8 Å². The first-order valence-electron chi connectivity index (χ1n) is 14.5. The average molecular weight is 533 g/mol. The summed E-state index contributed by atoms with van der Waals surface area (Å²) >= 11 is 0. The van der Waals surface area contributed by atoms with Crippen LogP contribution in [0.1, 0.15) is 0 Å². The lowest BCUT2D eigenvalue weighted by molar-refractivity contribution is 1.60. The molecule has 0 atom stereocenters. The lowest BCUT2D eigenvalue weighted by atomic mass is 9.92. The van der Waals surface area contributed by atoms with E-state index in [4.69, 9.17) is 0 Å². The van der Waals surface area contributed by atoms with Crippen LogP contribution in [0.3, 0.4) is 0 Å². The van der Waals surface area contributed by atoms with E-state index in [2.05, 4.69) is 170 Å². The summed E-state index contributed by atoms with van der Waals surface area (Å²) in [6.45, 7) is 0. The van der Waals surface area contributed by atoms with Crippen LogP contribution in [-0.4, -0.2) is 0 Å². The number of rotatable bonds is 4. The smallest absolute Gasteiger partial charge is 0.00990 e. The van der Waals surface area contributed by atoms with E-state index in [1.54, 1.807) is 0 Å². The van der Waals surface area contributed by atoms with E-state index in [1.807, 2.05) is 0 Å². The fraction of sp³-hybridized carbons (Fsp3) is 0. The molecule has 0 N–H and O–H groups in total. The molecule has 0 saturated heterocycles. The number of hydrogen-bond donors (Lipinski definition) is 0. The predicted molar refractivity (Wildman–Crippen MR) is 181 cm³/mol. The van der Waals surface area contributed by atoms with Gasteiger partial charge in [0.05, 0.1) is 0 Å². The lowest BCUT2D eigenvalue weighted by Crippen LogP contribution is -1.85. The van der Waals surface area contributed by atoms with Gasteiger partial charge in [0.2, 0.25) is 0 Å². The van der Waals surface area contributed by atoms with Crippen LogP contribution < -0.4 is 0 Å². The van der Waals surface area contributed by atoms with Crippen LogP contribution in [-0.2, 0) is 0 Å². The Kier molecular flexibility index (Phi) is 5.90. The van der Waals surface area contributed by atoms with Crippen LogP contribution in [0.4, 0.5) is 0 Å². The first-order valence-corrected chi connectivity index (χ1v) is 14.5. The Labute approximate surface area is 246 Å². The maximum atomic E-state index is 2.33. The summed E-state index contributed by atoms with van der Waals surface area (Å²) in [5.41, 5.74) is 9.92. The summed E-state index contributed by atoms with van der Waals surface area (Å²) in [6, 6.07) is 61.8. The van der Waals surface area contributed by atoms with Gasteiger partial charge in [-0.15, -0.1) is 0 Å². The van der Waals surface area contributed by atoms with Crippen molar-refractivity contribution in [3.05, 3.63) is 170 Å². The molecule has 0 amide bonds. The monoisotopic (exact) mass is 532 g/mol. The average Bonchev–Trinajstić information content (AvgIpc) is 3.08. The molecule has 0 bridgehead atoms. The van der Waals surface area contributed by atoms with Crippen LogP contribution in [0.2, 0.25) is 0 Å². The first kappa shape index (κ1) is 24.3. The summed E-state index contributed by atoms with van der Waals surface area (Å²) in [5, 5.41) is 7.66. The van der Waals surface area contributed by atoms with Crippen molar-refractivity contribution in [2.75, 3.05) is 0 Å². The molecule has 0 aliphatic rings. The van der Waals surface area contributed by atoms with Gasteiger partial charge in [0, 0.05) is 0 Å². The van der Waals surface area contributed by atoms with Gasteiger partial charge in [-0.05, 0) is 95.0 Å². The third-order valence-corrected chi connectivity index (χ3v) is 8.46. The van der Waals surface area contributed by atoms with Crippen molar-refractivity contribution in [2.24, 2.45) is 0 Å². The SMILES string of the molecule is c1ccc(-c2ccc(-c3ccc4cc(-c5cccc(-c6cccc7c6ccc6ccccc67)c5)ccc4c3)cc2)cc1. The molecule has 0 aromatic heterocycles. The minimum atomic E-state index is 1.23. The van der Waals surface area contributed by atoms with Crippen molar-refractivity contribution in [2.45, 2.75) is 0 Å². The summed E-state index contributed by atoms with van der Waals surface area (Å²) in [5.74, 6) is 0. The zero-order valence-electron chi connectivity index (χ0n) is 23.2. The fourth-order valence-corrected chi connectivity index (χ4v) is 6.25. The molecular weight excluding hydrogens is 504 g/mol. The van der Waals surface area contributed by atoms with Crippen molar-refractivity contribution >= 4 is 32.3 Å². The third-order valence-electron chi connectivity index (χ3n) is 8.46. The third kappa shape index (κ3) is 4.35. The zero-order valence-corrected chi connectivity index (χ0v) is 23.2. The molecule has 0 fully saturated rings. The van der Waals surface area contributed by atoms with E-state index in [9.17, 15) is 0 Å². The highest BCUT2D eigenvalue weighted by Gasteiger charge is 2.09. The van der Waals surface area contributed by atoms with Gasteiger partial charge in [0.15, 0.2) is 0 Å². The van der Waals surface area contributed by atoms with Crippen LogP contribution in [0.5, 0.6) is 0 Å². The van der Waals surface area contributed by atoms with E-state index in [0.717, 1.165) is 0 Å². The second kappa shape index (κ2) is 10.2. The molecule has 0 nitrogen and oxygen atoms in total. The quantitative estimate of drug-likeness (QED) is 0.198. The molecule has 42 heavy (non-hydrogen) atoms.